The lowest BCUT2D eigenvalue weighted by Crippen LogP contribution is -1.91. The van der Waals surface area contributed by atoms with Crippen molar-refractivity contribution in [2.24, 2.45) is 0 Å². The highest BCUT2D eigenvalue weighted by Gasteiger charge is 2.16. The van der Waals surface area contributed by atoms with Crippen LogP contribution in [-0.2, 0) is 0 Å². The molecule has 0 radical (unpaired) electrons. The van der Waals surface area contributed by atoms with Crippen LogP contribution in [0.1, 0.15) is 0 Å². The molecule has 7 rings (SSSR count). The Morgan fingerprint density at radius 1 is 0.324 bits per heavy atom. The van der Waals surface area contributed by atoms with E-state index in [4.69, 9.17) is 0 Å². The van der Waals surface area contributed by atoms with E-state index >= 15 is 0 Å². The van der Waals surface area contributed by atoms with E-state index in [1.165, 1.54) is 54.6 Å². The van der Waals surface area contributed by atoms with Crippen LogP contribution in [0.3, 0.4) is 0 Å². The zero-order valence-electron chi connectivity index (χ0n) is 20.2. The molecule has 0 fully saturated rings. The van der Waals surface area contributed by atoms with Gasteiger partial charge in [0.1, 0.15) is 5.82 Å². The molecule has 7 aromatic rings. The van der Waals surface area contributed by atoms with Crippen molar-refractivity contribution in [2.45, 2.75) is 0 Å². The molecule has 0 saturated carbocycles. The molecule has 0 amide bonds. The lowest BCUT2D eigenvalue weighted by Gasteiger charge is -2.18. The van der Waals surface area contributed by atoms with Gasteiger partial charge in [-0.15, -0.1) is 0 Å². The van der Waals surface area contributed by atoms with Crippen LogP contribution in [0.5, 0.6) is 0 Å². The summed E-state index contributed by atoms with van der Waals surface area (Å²) in [6.07, 6.45) is 0. The van der Waals surface area contributed by atoms with Crippen molar-refractivity contribution in [2.75, 3.05) is 0 Å². The van der Waals surface area contributed by atoms with E-state index < -0.39 is 0 Å². The average Bonchev–Trinajstić information content (AvgIpc) is 2.96. The van der Waals surface area contributed by atoms with E-state index in [9.17, 15) is 4.39 Å². The van der Waals surface area contributed by atoms with Crippen molar-refractivity contribution < 1.29 is 4.39 Å². The van der Waals surface area contributed by atoms with Gasteiger partial charge in [-0.3, -0.25) is 0 Å². The van der Waals surface area contributed by atoms with Gasteiger partial charge in [0.2, 0.25) is 0 Å². The molecule has 0 aliphatic carbocycles. The number of halogens is 1. The summed E-state index contributed by atoms with van der Waals surface area (Å²) in [6.45, 7) is 0. The fraction of sp³-hybridized carbons (Fsp3) is 0. The third kappa shape index (κ3) is 3.59. The Morgan fingerprint density at radius 2 is 0.730 bits per heavy atom. The van der Waals surface area contributed by atoms with Gasteiger partial charge < -0.3 is 0 Å². The molecule has 0 saturated heterocycles. The van der Waals surface area contributed by atoms with Crippen LogP contribution in [0, 0.1) is 5.82 Å². The second kappa shape index (κ2) is 8.72. The van der Waals surface area contributed by atoms with Gasteiger partial charge in [0.15, 0.2) is 0 Å². The number of benzene rings is 7. The second-order valence-corrected chi connectivity index (χ2v) is 9.45. The molecule has 0 aromatic heterocycles. The Kier molecular flexibility index (Phi) is 5.08. The lowest BCUT2D eigenvalue weighted by atomic mass is 9.85. The van der Waals surface area contributed by atoms with Gasteiger partial charge in [-0.2, -0.15) is 0 Å². The first-order chi connectivity index (χ1) is 18.3. The molecule has 0 heterocycles. The summed E-state index contributed by atoms with van der Waals surface area (Å²) in [4.78, 5) is 0. The van der Waals surface area contributed by atoms with E-state index in [1.54, 1.807) is 12.1 Å². The molecule has 0 aliphatic rings. The summed E-state index contributed by atoms with van der Waals surface area (Å²) in [5.41, 5.74) is 7.01. The van der Waals surface area contributed by atoms with Gasteiger partial charge in [-0.05, 0) is 77.8 Å². The van der Waals surface area contributed by atoms with Gasteiger partial charge in [-0.25, -0.2) is 4.39 Å². The van der Waals surface area contributed by atoms with E-state index in [0.717, 1.165) is 11.1 Å². The Hall–Kier alpha value is -4.75. The average molecular weight is 475 g/mol. The minimum atomic E-state index is -0.222. The molecule has 0 nitrogen and oxygen atoms in total. The van der Waals surface area contributed by atoms with Crippen molar-refractivity contribution in [1.82, 2.24) is 0 Å². The van der Waals surface area contributed by atoms with E-state index in [0.29, 0.717) is 0 Å². The van der Waals surface area contributed by atoms with Crippen LogP contribution in [0.2, 0.25) is 0 Å². The van der Waals surface area contributed by atoms with Crippen molar-refractivity contribution >= 4 is 32.3 Å². The van der Waals surface area contributed by atoms with Crippen LogP contribution in [0.4, 0.5) is 4.39 Å². The van der Waals surface area contributed by atoms with Crippen LogP contribution in [-0.4, -0.2) is 0 Å². The van der Waals surface area contributed by atoms with E-state index in [1.807, 2.05) is 12.1 Å². The highest BCUT2D eigenvalue weighted by Crippen LogP contribution is 2.44. The smallest absolute Gasteiger partial charge is 0.123 e. The molecule has 0 N–H and O–H groups in total. The molecule has 0 atom stereocenters. The lowest BCUT2D eigenvalue weighted by molar-refractivity contribution is 0.628. The zero-order chi connectivity index (χ0) is 24.8. The minimum absolute atomic E-state index is 0.222. The summed E-state index contributed by atoms with van der Waals surface area (Å²) in [5, 5.41) is 7.23. The molecule has 0 unspecified atom stereocenters. The maximum Gasteiger partial charge on any atom is 0.123 e. The van der Waals surface area contributed by atoms with Crippen molar-refractivity contribution in [3.8, 4) is 33.4 Å². The summed E-state index contributed by atoms with van der Waals surface area (Å²) >= 11 is 0. The van der Waals surface area contributed by atoms with Gasteiger partial charge in [0, 0.05) is 0 Å². The molecule has 1 heteroatoms. The molecular formula is C36H23F. The van der Waals surface area contributed by atoms with Crippen molar-refractivity contribution in [3.05, 3.63) is 145 Å². The molecule has 0 bridgehead atoms. The maximum atomic E-state index is 13.8. The largest absolute Gasteiger partial charge is 0.207 e. The van der Waals surface area contributed by atoms with Crippen LogP contribution >= 0.6 is 0 Å². The number of hydrogen-bond donors (Lipinski definition) is 0. The first-order valence-corrected chi connectivity index (χ1v) is 12.6. The SMILES string of the molecule is Fc1ccc(-c2c3ccccc3c(-c3ccc(-c4cccc5ccccc45)cc3)c3ccccc23)cc1. The van der Waals surface area contributed by atoms with Crippen LogP contribution in [0.25, 0.3) is 65.7 Å². The van der Waals surface area contributed by atoms with Gasteiger partial charge >= 0.3 is 0 Å². The first-order valence-electron chi connectivity index (χ1n) is 12.6. The molecule has 0 aliphatic heterocycles. The third-order valence-corrected chi connectivity index (χ3v) is 7.34. The topological polar surface area (TPSA) is 0 Å². The minimum Gasteiger partial charge on any atom is -0.207 e. The maximum absolute atomic E-state index is 13.8. The van der Waals surface area contributed by atoms with E-state index in [2.05, 4.69) is 115 Å². The molecule has 0 spiro atoms. The van der Waals surface area contributed by atoms with Crippen molar-refractivity contribution in [3.63, 3.8) is 0 Å². The number of hydrogen-bond acceptors (Lipinski definition) is 0. The standard InChI is InChI=1S/C36H23F/c37-28-22-20-27(21-23-28)36-33-13-5-3-11-31(33)35(32-12-4-6-14-34(32)36)26-18-16-25(17-19-26)30-15-7-9-24-8-1-2-10-29(24)30/h1-23H. The highest BCUT2D eigenvalue weighted by molar-refractivity contribution is 6.21. The highest BCUT2D eigenvalue weighted by atomic mass is 19.1. The summed E-state index contributed by atoms with van der Waals surface area (Å²) < 4.78 is 13.8. The predicted octanol–water partition coefficient (Wildman–Crippen LogP) is 10.3. The normalized spacial score (nSPS) is 11.4. The number of rotatable bonds is 3. The molecule has 7 aromatic carbocycles. The summed E-state index contributed by atoms with van der Waals surface area (Å²) in [5.74, 6) is -0.222. The van der Waals surface area contributed by atoms with Crippen molar-refractivity contribution in [1.29, 1.82) is 0 Å². The monoisotopic (exact) mass is 474 g/mol. The Morgan fingerprint density at radius 3 is 1.27 bits per heavy atom. The quantitative estimate of drug-likeness (QED) is 0.223. The van der Waals surface area contributed by atoms with Crippen LogP contribution in [0.15, 0.2) is 140 Å². The van der Waals surface area contributed by atoms with Crippen LogP contribution < -0.4 is 0 Å². The van der Waals surface area contributed by atoms with E-state index in [-0.39, 0.29) is 5.82 Å². The van der Waals surface area contributed by atoms with Gasteiger partial charge in [0.25, 0.3) is 0 Å². The second-order valence-electron chi connectivity index (χ2n) is 9.45. The fourth-order valence-corrected chi connectivity index (χ4v) is 5.66. The molecular weight excluding hydrogens is 451 g/mol. The Labute approximate surface area is 215 Å². The predicted molar refractivity (Wildman–Crippen MR) is 155 cm³/mol. The Bertz CT molecular complexity index is 1850. The number of fused-ring (bicyclic) bond motifs is 3. The van der Waals surface area contributed by atoms with Gasteiger partial charge in [0.05, 0.1) is 0 Å². The summed E-state index contributed by atoms with van der Waals surface area (Å²) in [7, 11) is 0. The Balaban J connectivity index is 1.47. The fourth-order valence-electron chi connectivity index (χ4n) is 5.66. The first kappa shape index (κ1) is 21.5. The third-order valence-electron chi connectivity index (χ3n) is 7.34. The molecule has 37 heavy (non-hydrogen) atoms. The van der Waals surface area contributed by atoms with Gasteiger partial charge in [-0.1, -0.05) is 127 Å². The summed E-state index contributed by atoms with van der Waals surface area (Å²) in [6, 6.07) is 47.9. The zero-order valence-corrected chi connectivity index (χ0v) is 20.2. The molecule has 174 valence electrons.